The zero-order valence-corrected chi connectivity index (χ0v) is 10.6. The van der Waals surface area contributed by atoms with E-state index in [0.717, 1.165) is 36.8 Å². The van der Waals surface area contributed by atoms with Gasteiger partial charge in [-0.05, 0) is 31.9 Å². The molecule has 1 fully saturated rings. The first kappa shape index (κ1) is 11.5. The number of hydrogen-bond acceptors (Lipinski definition) is 3. The molecule has 3 heteroatoms. The highest BCUT2D eigenvalue weighted by Crippen LogP contribution is 2.37. The number of benzene rings is 1. The fourth-order valence-corrected chi connectivity index (χ4v) is 2.80. The minimum atomic E-state index is -0.572. The van der Waals surface area contributed by atoms with Crippen molar-refractivity contribution in [3.8, 4) is 0 Å². The molecular weight excluding hydrogens is 226 g/mol. The van der Waals surface area contributed by atoms with Crippen molar-refractivity contribution in [3.05, 3.63) is 35.4 Å². The van der Waals surface area contributed by atoms with Gasteiger partial charge in [0, 0.05) is 5.56 Å². The fourth-order valence-electron chi connectivity index (χ4n) is 2.80. The summed E-state index contributed by atoms with van der Waals surface area (Å²) in [5.41, 5.74) is 1.48. The van der Waals surface area contributed by atoms with Crippen molar-refractivity contribution < 1.29 is 9.53 Å². The number of hydrogen-bond donors (Lipinski definition) is 0. The number of cyclic esters (lactones) is 1. The lowest BCUT2D eigenvalue weighted by Gasteiger charge is -2.25. The van der Waals surface area contributed by atoms with Crippen LogP contribution in [0.15, 0.2) is 29.3 Å². The molecule has 1 spiro atoms. The first-order valence-electron chi connectivity index (χ1n) is 6.59. The Labute approximate surface area is 107 Å². The van der Waals surface area contributed by atoms with Crippen LogP contribution in [0.5, 0.6) is 0 Å². The molecule has 0 unspecified atom stereocenters. The summed E-state index contributed by atoms with van der Waals surface area (Å²) in [6.07, 6.45) is 5.01. The molecule has 0 N–H and O–H groups in total. The van der Waals surface area contributed by atoms with Gasteiger partial charge in [-0.2, -0.15) is 0 Å². The van der Waals surface area contributed by atoms with Gasteiger partial charge in [-0.15, -0.1) is 0 Å². The number of aliphatic imine (C=N–C) groups is 1. The number of rotatable bonds is 1. The molecule has 94 valence electrons. The van der Waals surface area contributed by atoms with Gasteiger partial charge < -0.3 is 4.74 Å². The molecule has 1 aliphatic carbocycles. The molecule has 0 atom stereocenters. The molecule has 0 radical (unpaired) electrons. The molecule has 1 aliphatic heterocycles. The van der Waals surface area contributed by atoms with Crippen LogP contribution in [0.2, 0.25) is 0 Å². The predicted octanol–water partition coefficient (Wildman–Crippen LogP) is 3.00. The third-order valence-electron chi connectivity index (χ3n) is 3.83. The number of carbonyl (C=O) groups excluding carboxylic acids is 1. The molecular formula is C15H17NO2. The van der Waals surface area contributed by atoms with Crippen LogP contribution in [-0.2, 0) is 9.53 Å². The first-order chi connectivity index (χ1) is 8.70. The van der Waals surface area contributed by atoms with E-state index in [1.807, 2.05) is 31.2 Å². The van der Waals surface area contributed by atoms with Crippen LogP contribution in [0.3, 0.4) is 0 Å². The van der Waals surface area contributed by atoms with Crippen LogP contribution in [0.4, 0.5) is 0 Å². The Morgan fingerprint density at radius 1 is 1.22 bits per heavy atom. The van der Waals surface area contributed by atoms with E-state index in [-0.39, 0.29) is 5.97 Å². The third-order valence-corrected chi connectivity index (χ3v) is 3.83. The van der Waals surface area contributed by atoms with Crippen molar-refractivity contribution in [1.82, 2.24) is 0 Å². The minimum Gasteiger partial charge on any atom is -0.405 e. The van der Waals surface area contributed by atoms with Crippen LogP contribution in [-0.4, -0.2) is 17.4 Å². The van der Waals surface area contributed by atoms with Crippen molar-refractivity contribution in [2.45, 2.75) is 44.6 Å². The highest BCUT2D eigenvalue weighted by molar-refractivity contribution is 6.08. The van der Waals surface area contributed by atoms with Gasteiger partial charge in [0.05, 0.1) is 0 Å². The number of nitrogens with zero attached hydrogens (tertiary/aromatic N) is 1. The standard InChI is InChI=1S/C15H17NO2/c1-11-6-5-7-12(10-11)13-16-15(14(17)18-13)8-3-2-4-9-15/h5-7,10H,2-4,8-9H2,1H3. The summed E-state index contributed by atoms with van der Waals surface area (Å²) in [4.78, 5) is 16.7. The van der Waals surface area contributed by atoms with E-state index in [2.05, 4.69) is 4.99 Å². The topological polar surface area (TPSA) is 38.7 Å². The lowest BCUT2D eigenvalue weighted by molar-refractivity contribution is -0.140. The lowest BCUT2D eigenvalue weighted by Crippen LogP contribution is -2.35. The van der Waals surface area contributed by atoms with Gasteiger partial charge in [-0.1, -0.05) is 37.0 Å². The fraction of sp³-hybridized carbons (Fsp3) is 0.467. The van der Waals surface area contributed by atoms with E-state index in [1.165, 1.54) is 6.42 Å². The average Bonchev–Trinajstić information content (AvgIpc) is 2.68. The molecule has 1 heterocycles. The molecule has 0 aromatic heterocycles. The van der Waals surface area contributed by atoms with Crippen molar-refractivity contribution in [1.29, 1.82) is 0 Å². The maximum absolute atomic E-state index is 12.1. The summed E-state index contributed by atoms with van der Waals surface area (Å²) in [5, 5.41) is 0. The molecule has 3 nitrogen and oxygen atoms in total. The van der Waals surface area contributed by atoms with Crippen molar-refractivity contribution in [2.24, 2.45) is 4.99 Å². The largest absolute Gasteiger partial charge is 0.405 e. The van der Waals surface area contributed by atoms with E-state index < -0.39 is 5.54 Å². The van der Waals surface area contributed by atoms with Gasteiger partial charge in [0.1, 0.15) is 0 Å². The normalized spacial score (nSPS) is 21.8. The molecule has 18 heavy (non-hydrogen) atoms. The number of aryl methyl sites for hydroxylation is 1. The van der Waals surface area contributed by atoms with Gasteiger partial charge in [-0.3, -0.25) is 0 Å². The molecule has 1 saturated carbocycles. The molecule has 2 aliphatic rings. The van der Waals surface area contributed by atoms with E-state index in [0.29, 0.717) is 5.90 Å². The maximum Gasteiger partial charge on any atom is 0.340 e. The van der Waals surface area contributed by atoms with Crippen molar-refractivity contribution in [3.63, 3.8) is 0 Å². The zero-order valence-electron chi connectivity index (χ0n) is 10.6. The summed E-state index contributed by atoms with van der Waals surface area (Å²) in [6, 6.07) is 7.94. The Morgan fingerprint density at radius 2 is 2.00 bits per heavy atom. The van der Waals surface area contributed by atoms with E-state index in [1.54, 1.807) is 0 Å². The van der Waals surface area contributed by atoms with Gasteiger partial charge in [0.25, 0.3) is 0 Å². The maximum atomic E-state index is 12.1. The van der Waals surface area contributed by atoms with Crippen LogP contribution in [0, 0.1) is 6.92 Å². The van der Waals surface area contributed by atoms with E-state index in [9.17, 15) is 4.79 Å². The van der Waals surface area contributed by atoms with Gasteiger partial charge in [-0.25, -0.2) is 9.79 Å². The monoisotopic (exact) mass is 243 g/mol. The van der Waals surface area contributed by atoms with E-state index in [4.69, 9.17) is 4.74 Å². The van der Waals surface area contributed by atoms with Crippen molar-refractivity contribution in [2.75, 3.05) is 0 Å². The second-order valence-electron chi connectivity index (χ2n) is 5.27. The molecule has 0 bridgehead atoms. The van der Waals surface area contributed by atoms with Gasteiger partial charge >= 0.3 is 5.97 Å². The second kappa shape index (κ2) is 4.23. The van der Waals surface area contributed by atoms with Crippen LogP contribution >= 0.6 is 0 Å². The highest BCUT2D eigenvalue weighted by atomic mass is 16.6. The van der Waals surface area contributed by atoms with E-state index >= 15 is 0 Å². The van der Waals surface area contributed by atoms with Gasteiger partial charge in [0.15, 0.2) is 5.54 Å². The highest BCUT2D eigenvalue weighted by Gasteiger charge is 2.46. The first-order valence-corrected chi connectivity index (χ1v) is 6.59. The average molecular weight is 243 g/mol. The Morgan fingerprint density at radius 3 is 2.72 bits per heavy atom. The molecule has 1 aromatic carbocycles. The molecule has 1 aromatic rings. The second-order valence-corrected chi connectivity index (χ2v) is 5.27. The van der Waals surface area contributed by atoms with Crippen LogP contribution in [0.1, 0.15) is 43.2 Å². The summed E-state index contributed by atoms with van der Waals surface area (Å²) < 4.78 is 5.41. The molecule has 0 saturated heterocycles. The van der Waals surface area contributed by atoms with Crippen molar-refractivity contribution >= 4 is 11.9 Å². The minimum absolute atomic E-state index is 0.154. The van der Waals surface area contributed by atoms with Crippen LogP contribution in [0.25, 0.3) is 0 Å². The number of ether oxygens (including phenoxy) is 1. The van der Waals surface area contributed by atoms with Gasteiger partial charge in [0.2, 0.25) is 5.90 Å². The number of carbonyl (C=O) groups is 1. The summed E-state index contributed by atoms with van der Waals surface area (Å²) in [7, 11) is 0. The summed E-state index contributed by atoms with van der Waals surface area (Å²) >= 11 is 0. The Bertz CT molecular complexity index is 513. The third kappa shape index (κ3) is 1.84. The quantitative estimate of drug-likeness (QED) is 0.711. The predicted molar refractivity (Wildman–Crippen MR) is 69.6 cm³/mol. The summed E-state index contributed by atoms with van der Waals surface area (Å²) in [5.74, 6) is 0.351. The summed E-state index contributed by atoms with van der Waals surface area (Å²) in [6.45, 7) is 2.03. The lowest BCUT2D eigenvalue weighted by atomic mass is 9.83. The Hall–Kier alpha value is -1.64. The molecule has 0 amide bonds. The SMILES string of the molecule is Cc1cccc(C2=NC3(CCCCC3)C(=O)O2)c1. The molecule has 3 rings (SSSR count). The Kier molecular flexibility index (Phi) is 2.69. The zero-order chi connectivity index (χ0) is 12.6. The Balaban J connectivity index is 1.95. The smallest absolute Gasteiger partial charge is 0.340 e. The number of esters is 1. The van der Waals surface area contributed by atoms with Crippen LogP contribution < -0.4 is 0 Å².